The molecule has 0 saturated heterocycles. The van der Waals surface area contributed by atoms with Gasteiger partial charge in [0.25, 0.3) is 0 Å². The maximum atomic E-state index is 12.8. The van der Waals surface area contributed by atoms with Gasteiger partial charge in [-0.25, -0.2) is 11.6 Å². The van der Waals surface area contributed by atoms with Gasteiger partial charge >= 0.3 is 12.0 Å². The number of Topliss-reactive ketones (excluding diaryl/α,β-unsaturated/α-hetero) is 1. The third-order valence-electron chi connectivity index (χ3n) is 5.00. The van der Waals surface area contributed by atoms with E-state index in [1.807, 2.05) is 6.07 Å². The van der Waals surface area contributed by atoms with Gasteiger partial charge < -0.3 is 9.15 Å². The normalized spacial score (nSPS) is 17.5. The minimum atomic E-state index is -1.52. The number of nitriles is 1. The van der Waals surface area contributed by atoms with Crippen LogP contribution in [0.4, 0.5) is 0 Å². The Bertz CT molecular complexity index is 765. The molecule has 2 atom stereocenters. The number of nitrogens with zero attached hydrogens (tertiary/aromatic N) is 3. The van der Waals surface area contributed by atoms with Crippen LogP contribution in [0.2, 0.25) is 0 Å². The van der Waals surface area contributed by atoms with Crippen molar-refractivity contribution in [3.8, 4) is 6.07 Å². The van der Waals surface area contributed by atoms with E-state index in [1.165, 1.54) is 13.2 Å². The van der Waals surface area contributed by atoms with Crippen molar-refractivity contribution < 1.29 is 18.7 Å². The molecule has 1 heterocycles. The van der Waals surface area contributed by atoms with Crippen molar-refractivity contribution in [2.45, 2.75) is 58.4 Å². The summed E-state index contributed by atoms with van der Waals surface area (Å²) in [6.07, 6.45) is 3.13. The monoisotopic (exact) mass is 357 g/mol. The molecular weight excluding hydrogens is 334 g/mol. The number of carbonyl (C=O) groups is 2. The van der Waals surface area contributed by atoms with Gasteiger partial charge in [-0.3, -0.25) is 14.4 Å². The molecule has 1 aliphatic carbocycles. The van der Waals surface area contributed by atoms with Gasteiger partial charge in [-0.1, -0.05) is 13.8 Å². The lowest BCUT2D eigenvalue weighted by Crippen LogP contribution is -2.48. The van der Waals surface area contributed by atoms with E-state index in [4.69, 9.17) is 15.7 Å². The number of hydrogen-bond acceptors (Lipinski definition) is 6. The van der Waals surface area contributed by atoms with E-state index in [-0.39, 0.29) is 24.2 Å². The highest BCUT2D eigenvalue weighted by Crippen LogP contribution is 2.51. The maximum Gasteiger partial charge on any atom is 0.332 e. The number of hydrogen-bond donors (Lipinski definition) is 0. The quantitative estimate of drug-likeness (QED) is 0.524. The molecule has 0 N–H and O–H groups in total. The van der Waals surface area contributed by atoms with E-state index in [2.05, 4.69) is 9.83 Å². The summed E-state index contributed by atoms with van der Waals surface area (Å²) >= 11 is 0. The minimum Gasteiger partial charge on any atom is -0.465 e. The summed E-state index contributed by atoms with van der Waals surface area (Å²) in [5.41, 5.74) is -1.64. The van der Waals surface area contributed by atoms with Gasteiger partial charge in [-0.15, -0.1) is 0 Å². The van der Waals surface area contributed by atoms with Crippen molar-refractivity contribution in [1.82, 2.24) is 4.98 Å². The number of oxazole rings is 1. The first kappa shape index (κ1) is 19.7. The van der Waals surface area contributed by atoms with Crippen LogP contribution in [0, 0.1) is 29.2 Å². The molecule has 0 radical (unpaired) electrons. The molecule has 0 amide bonds. The first-order valence-corrected chi connectivity index (χ1v) is 8.63. The first-order valence-electron chi connectivity index (χ1n) is 8.63. The summed E-state index contributed by atoms with van der Waals surface area (Å²) in [4.78, 5) is 32.4. The smallest absolute Gasteiger partial charge is 0.332 e. The topological polar surface area (TPSA) is 97.5 Å². The molecule has 0 aromatic carbocycles. The molecule has 1 aromatic rings. The Hall–Kier alpha value is -2.67. The molecular formula is C19H23N3O4. The van der Waals surface area contributed by atoms with E-state index in [0.29, 0.717) is 25.0 Å². The highest BCUT2D eigenvalue weighted by Gasteiger charge is 2.66. The van der Waals surface area contributed by atoms with E-state index in [0.717, 1.165) is 0 Å². The summed E-state index contributed by atoms with van der Waals surface area (Å²) < 4.78 is 10.8. The third kappa shape index (κ3) is 3.35. The van der Waals surface area contributed by atoms with Gasteiger partial charge in [0, 0.05) is 11.8 Å². The Kier molecular flexibility index (Phi) is 5.51. The second-order valence-electron chi connectivity index (χ2n) is 7.29. The molecule has 2 rings (SSSR count). The van der Waals surface area contributed by atoms with Crippen LogP contribution in [0.1, 0.15) is 52.1 Å². The summed E-state index contributed by atoms with van der Waals surface area (Å²) in [7, 11) is 0. The van der Waals surface area contributed by atoms with Crippen LogP contribution in [-0.4, -0.2) is 29.4 Å². The van der Waals surface area contributed by atoms with Crippen molar-refractivity contribution in [2.75, 3.05) is 6.61 Å². The fraction of sp³-hybridized carbons (Fsp3) is 0.632. The summed E-state index contributed by atoms with van der Waals surface area (Å²) in [6.45, 7) is 14.3. The number of aromatic nitrogens is 1. The van der Waals surface area contributed by atoms with Gasteiger partial charge in [0.05, 0.1) is 12.3 Å². The zero-order chi connectivity index (χ0) is 19.5. The SMILES string of the molecule is [C-]#[N+]C(C#N)C(C(=O)OCC)(c1nc(CC(C)(C)C(C)=O)co1)C1CC1. The molecule has 2 unspecified atom stereocenters. The lowest BCUT2D eigenvalue weighted by atomic mass is 9.75. The van der Waals surface area contributed by atoms with Crippen LogP contribution in [0.15, 0.2) is 10.7 Å². The average molecular weight is 357 g/mol. The highest BCUT2D eigenvalue weighted by molar-refractivity contribution is 5.85. The molecule has 0 aliphatic heterocycles. The van der Waals surface area contributed by atoms with Crippen molar-refractivity contribution in [2.24, 2.45) is 11.3 Å². The number of rotatable bonds is 8. The van der Waals surface area contributed by atoms with Gasteiger partial charge in [-0.05, 0) is 32.6 Å². The lowest BCUT2D eigenvalue weighted by molar-refractivity contribution is -0.152. The predicted octanol–water partition coefficient (Wildman–Crippen LogP) is 2.85. The summed E-state index contributed by atoms with van der Waals surface area (Å²) in [5.74, 6) is -0.816. The van der Waals surface area contributed by atoms with Gasteiger partial charge in [-0.2, -0.15) is 5.26 Å². The Balaban J connectivity index is 2.51. The van der Waals surface area contributed by atoms with Crippen LogP contribution in [0.25, 0.3) is 4.85 Å². The van der Waals surface area contributed by atoms with Crippen molar-refractivity contribution in [3.05, 3.63) is 29.3 Å². The molecule has 26 heavy (non-hydrogen) atoms. The predicted molar refractivity (Wildman–Crippen MR) is 91.7 cm³/mol. The highest BCUT2D eigenvalue weighted by atomic mass is 16.5. The van der Waals surface area contributed by atoms with Crippen LogP contribution >= 0.6 is 0 Å². The first-order chi connectivity index (χ1) is 12.2. The van der Waals surface area contributed by atoms with Gasteiger partial charge in [0.15, 0.2) is 6.07 Å². The van der Waals surface area contributed by atoms with E-state index < -0.39 is 22.8 Å². The maximum absolute atomic E-state index is 12.8. The molecule has 1 aromatic heterocycles. The molecule has 7 nitrogen and oxygen atoms in total. The second-order valence-corrected chi connectivity index (χ2v) is 7.29. The van der Waals surface area contributed by atoms with E-state index in [9.17, 15) is 14.9 Å². The second kappa shape index (κ2) is 7.29. The number of ether oxygens (including phenoxy) is 1. The largest absolute Gasteiger partial charge is 0.465 e. The van der Waals surface area contributed by atoms with Crippen molar-refractivity contribution in [3.63, 3.8) is 0 Å². The fourth-order valence-corrected chi connectivity index (χ4v) is 3.06. The summed E-state index contributed by atoms with van der Waals surface area (Å²) in [5, 5.41) is 9.50. The summed E-state index contributed by atoms with van der Waals surface area (Å²) in [6, 6.07) is 0.642. The Morgan fingerprint density at radius 2 is 2.19 bits per heavy atom. The number of esters is 1. The van der Waals surface area contributed by atoms with Crippen molar-refractivity contribution in [1.29, 1.82) is 5.26 Å². The van der Waals surface area contributed by atoms with Crippen LogP contribution < -0.4 is 0 Å². The number of ketones is 1. The number of carbonyl (C=O) groups excluding carboxylic acids is 2. The molecule has 1 saturated carbocycles. The Morgan fingerprint density at radius 3 is 2.65 bits per heavy atom. The Morgan fingerprint density at radius 1 is 1.54 bits per heavy atom. The third-order valence-corrected chi connectivity index (χ3v) is 5.00. The lowest BCUT2D eigenvalue weighted by Gasteiger charge is -2.26. The van der Waals surface area contributed by atoms with Crippen LogP contribution in [-0.2, 0) is 26.2 Å². The Labute approximate surface area is 153 Å². The minimum absolute atomic E-state index is 0.0111. The van der Waals surface area contributed by atoms with Crippen LogP contribution in [0.5, 0.6) is 0 Å². The molecule has 0 spiro atoms. The molecule has 1 aliphatic rings. The van der Waals surface area contributed by atoms with Gasteiger partial charge in [0.2, 0.25) is 11.3 Å². The molecule has 138 valence electrons. The van der Waals surface area contributed by atoms with E-state index >= 15 is 0 Å². The zero-order valence-electron chi connectivity index (χ0n) is 15.5. The van der Waals surface area contributed by atoms with Gasteiger partial charge in [0.1, 0.15) is 12.0 Å². The standard InChI is InChI=1S/C19H23N3O4/c1-6-25-17(24)19(13-7-8-13,15(10-20)21-5)16-22-14(11-26-16)9-18(3,4)12(2)23/h11,13,15H,6-9H2,1-4H3. The van der Waals surface area contributed by atoms with Crippen molar-refractivity contribution >= 4 is 11.8 Å². The average Bonchev–Trinajstić information content (AvgIpc) is 3.32. The molecule has 1 fully saturated rings. The molecule has 7 heteroatoms. The fourth-order valence-electron chi connectivity index (χ4n) is 3.06. The zero-order valence-corrected chi connectivity index (χ0v) is 15.5. The molecule has 0 bridgehead atoms. The van der Waals surface area contributed by atoms with Crippen LogP contribution in [0.3, 0.4) is 0 Å². The van der Waals surface area contributed by atoms with E-state index in [1.54, 1.807) is 20.8 Å².